The molecule has 61 valence electrons. The summed E-state index contributed by atoms with van der Waals surface area (Å²) in [7, 11) is 0. The van der Waals surface area contributed by atoms with E-state index in [1.165, 1.54) is 0 Å². The molecule has 0 spiro atoms. The van der Waals surface area contributed by atoms with Crippen molar-refractivity contribution in [3.63, 3.8) is 0 Å². The lowest BCUT2D eigenvalue weighted by atomic mass is 10.6. The minimum atomic E-state index is -0.311. The second kappa shape index (κ2) is 2.70. The van der Waals surface area contributed by atoms with Crippen LogP contribution in [0.3, 0.4) is 0 Å². The van der Waals surface area contributed by atoms with Gasteiger partial charge in [-0.05, 0) is 0 Å². The molecule has 0 aliphatic rings. The highest BCUT2D eigenvalue weighted by atomic mass is 16.5. The van der Waals surface area contributed by atoms with E-state index in [2.05, 4.69) is 31.3 Å². The van der Waals surface area contributed by atoms with E-state index in [9.17, 15) is 0 Å². The van der Waals surface area contributed by atoms with Gasteiger partial charge in [-0.2, -0.15) is 4.98 Å². The van der Waals surface area contributed by atoms with Gasteiger partial charge in [-0.15, -0.1) is 10.2 Å². The summed E-state index contributed by atoms with van der Waals surface area (Å²) in [4.78, 5) is 3.55. The van der Waals surface area contributed by atoms with E-state index in [-0.39, 0.29) is 24.2 Å². The van der Waals surface area contributed by atoms with Crippen molar-refractivity contribution in [1.82, 2.24) is 20.3 Å². The normalized spacial score (nSPS) is 10.4. The lowest BCUT2D eigenvalue weighted by Crippen LogP contribution is -1.79. The molecular formula is C5H3N4O3. The fourth-order valence-electron chi connectivity index (χ4n) is 0.642. The molecule has 0 amide bonds. The van der Waals surface area contributed by atoms with Gasteiger partial charge in [-0.25, -0.2) is 0 Å². The van der Waals surface area contributed by atoms with Gasteiger partial charge < -0.3 is 14.0 Å². The Morgan fingerprint density at radius 3 is 2.92 bits per heavy atom. The van der Waals surface area contributed by atoms with Crippen molar-refractivity contribution >= 4 is 0 Å². The molecule has 7 nitrogen and oxygen atoms in total. The predicted molar refractivity (Wildman–Crippen MR) is 32.3 cm³/mol. The van der Waals surface area contributed by atoms with E-state index >= 15 is 0 Å². The van der Waals surface area contributed by atoms with Gasteiger partial charge in [0.1, 0.15) is 6.61 Å². The SMILES string of the molecule is OCc1nnc(-c2n[c]on2)o1. The van der Waals surface area contributed by atoms with Crippen LogP contribution in [0.4, 0.5) is 0 Å². The largest absolute Gasteiger partial charge is 0.415 e. The van der Waals surface area contributed by atoms with Crippen molar-refractivity contribution in [1.29, 1.82) is 0 Å². The first kappa shape index (κ1) is 6.92. The summed E-state index contributed by atoms with van der Waals surface area (Å²) >= 11 is 0. The second-order valence-corrected chi connectivity index (χ2v) is 1.87. The molecule has 2 rings (SSSR count). The number of rotatable bonds is 2. The maximum absolute atomic E-state index is 8.58. The zero-order chi connectivity index (χ0) is 8.39. The molecule has 2 heterocycles. The fourth-order valence-corrected chi connectivity index (χ4v) is 0.642. The molecule has 2 aromatic rings. The van der Waals surface area contributed by atoms with Crippen LogP contribution in [-0.2, 0) is 6.61 Å². The topological polar surface area (TPSA) is 98.1 Å². The van der Waals surface area contributed by atoms with Crippen molar-refractivity contribution in [2.75, 3.05) is 0 Å². The Morgan fingerprint density at radius 1 is 1.42 bits per heavy atom. The lowest BCUT2D eigenvalue weighted by Gasteiger charge is -1.81. The standard InChI is InChI=1S/C5H3N4O3/c10-1-3-7-8-5(12-3)4-6-2-11-9-4/h10H,1H2. The molecule has 12 heavy (non-hydrogen) atoms. The predicted octanol–water partition coefficient (Wildman–Crippen LogP) is -0.588. The summed E-state index contributed by atoms with van der Waals surface area (Å²) in [6.45, 7) is -0.311. The maximum Gasteiger partial charge on any atom is 0.316 e. The first-order valence-electron chi connectivity index (χ1n) is 3.03. The number of aliphatic hydroxyl groups is 1. The van der Waals surface area contributed by atoms with Gasteiger partial charge in [0, 0.05) is 0 Å². The molecule has 0 saturated heterocycles. The van der Waals surface area contributed by atoms with E-state index < -0.39 is 0 Å². The zero-order valence-electron chi connectivity index (χ0n) is 5.76. The Bertz CT molecular complexity index is 354. The van der Waals surface area contributed by atoms with Crippen LogP contribution in [0.2, 0.25) is 0 Å². The van der Waals surface area contributed by atoms with Crippen LogP contribution in [-0.4, -0.2) is 25.4 Å². The third-order valence-corrected chi connectivity index (χ3v) is 1.12. The van der Waals surface area contributed by atoms with Gasteiger partial charge in [0.25, 0.3) is 11.7 Å². The summed E-state index contributed by atoms with van der Waals surface area (Å²) < 4.78 is 9.24. The molecule has 0 aliphatic carbocycles. The Labute approximate surface area is 66.0 Å². The van der Waals surface area contributed by atoms with Crippen molar-refractivity contribution in [2.45, 2.75) is 6.61 Å². The monoisotopic (exact) mass is 167 g/mol. The third-order valence-electron chi connectivity index (χ3n) is 1.12. The molecule has 0 bridgehead atoms. The van der Waals surface area contributed by atoms with Gasteiger partial charge in [-0.1, -0.05) is 5.16 Å². The first-order chi connectivity index (χ1) is 5.90. The molecule has 2 aromatic heterocycles. The molecule has 7 heteroatoms. The summed E-state index contributed by atoms with van der Waals surface area (Å²) in [5, 5.41) is 19.0. The van der Waals surface area contributed by atoms with E-state index in [1.807, 2.05) is 0 Å². The first-order valence-corrected chi connectivity index (χ1v) is 3.03. The molecule has 0 aromatic carbocycles. The van der Waals surface area contributed by atoms with E-state index in [0.29, 0.717) is 0 Å². The Hall–Kier alpha value is -1.76. The maximum atomic E-state index is 8.58. The number of hydrogen-bond donors (Lipinski definition) is 1. The number of hydrogen-bond acceptors (Lipinski definition) is 7. The van der Waals surface area contributed by atoms with Crippen LogP contribution in [0.5, 0.6) is 0 Å². The van der Waals surface area contributed by atoms with Crippen molar-refractivity contribution in [3.05, 3.63) is 12.3 Å². The van der Waals surface area contributed by atoms with Gasteiger partial charge in [0.05, 0.1) is 0 Å². The van der Waals surface area contributed by atoms with Crippen molar-refractivity contribution in [3.8, 4) is 11.7 Å². The number of nitrogens with zero attached hydrogens (tertiary/aromatic N) is 4. The van der Waals surface area contributed by atoms with E-state index in [4.69, 9.17) is 9.52 Å². The van der Waals surface area contributed by atoms with Crippen LogP contribution < -0.4 is 0 Å². The summed E-state index contributed by atoms with van der Waals surface area (Å²) in [5.41, 5.74) is 0. The molecule has 0 saturated carbocycles. The Kier molecular flexibility index (Phi) is 1.56. The minimum absolute atomic E-state index is 0.101. The molecule has 0 aliphatic heterocycles. The Balaban J connectivity index is 2.35. The average molecular weight is 167 g/mol. The highest BCUT2D eigenvalue weighted by molar-refractivity contribution is 5.36. The summed E-state index contributed by atoms with van der Waals surface area (Å²) in [6.07, 6.45) is 2.13. The highest BCUT2D eigenvalue weighted by Crippen LogP contribution is 2.11. The highest BCUT2D eigenvalue weighted by Gasteiger charge is 2.11. The minimum Gasteiger partial charge on any atom is -0.415 e. The molecule has 1 N–H and O–H groups in total. The van der Waals surface area contributed by atoms with E-state index in [1.54, 1.807) is 0 Å². The molecule has 1 radical (unpaired) electrons. The Morgan fingerprint density at radius 2 is 2.33 bits per heavy atom. The smallest absolute Gasteiger partial charge is 0.316 e. The molecular weight excluding hydrogens is 164 g/mol. The van der Waals surface area contributed by atoms with E-state index in [0.717, 1.165) is 0 Å². The number of aromatic nitrogens is 4. The van der Waals surface area contributed by atoms with Crippen molar-refractivity contribution < 1.29 is 14.0 Å². The summed E-state index contributed by atoms with van der Waals surface area (Å²) in [6, 6.07) is 0. The lowest BCUT2D eigenvalue weighted by molar-refractivity contribution is 0.241. The molecule has 0 unspecified atom stereocenters. The van der Waals surface area contributed by atoms with Crippen LogP contribution in [0.1, 0.15) is 5.89 Å². The van der Waals surface area contributed by atoms with Crippen LogP contribution >= 0.6 is 0 Å². The molecule has 0 atom stereocenters. The van der Waals surface area contributed by atoms with Crippen LogP contribution in [0.25, 0.3) is 11.7 Å². The third kappa shape index (κ3) is 1.05. The zero-order valence-corrected chi connectivity index (χ0v) is 5.76. The van der Waals surface area contributed by atoms with Crippen LogP contribution in [0, 0.1) is 6.39 Å². The number of aliphatic hydroxyl groups excluding tert-OH is 1. The van der Waals surface area contributed by atoms with Gasteiger partial charge in [0.15, 0.2) is 0 Å². The van der Waals surface area contributed by atoms with Gasteiger partial charge in [-0.3, -0.25) is 0 Å². The quantitative estimate of drug-likeness (QED) is 0.638. The van der Waals surface area contributed by atoms with Gasteiger partial charge >= 0.3 is 6.39 Å². The van der Waals surface area contributed by atoms with Crippen LogP contribution in [0.15, 0.2) is 8.94 Å². The summed E-state index contributed by atoms with van der Waals surface area (Å²) in [5.74, 6) is 0.362. The van der Waals surface area contributed by atoms with Gasteiger partial charge in [0.2, 0.25) is 5.89 Å². The fraction of sp³-hybridized carbons (Fsp3) is 0.200. The second-order valence-electron chi connectivity index (χ2n) is 1.87. The van der Waals surface area contributed by atoms with Crippen molar-refractivity contribution in [2.24, 2.45) is 0 Å². The average Bonchev–Trinajstić information content (AvgIpc) is 2.75. The molecule has 0 fully saturated rings.